The van der Waals surface area contributed by atoms with Gasteiger partial charge >= 0.3 is 0 Å². The van der Waals surface area contributed by atoms with Crippen molar-refractivity contribution in [3.05, 3.63) is 89.0 Å². The Hall–Kier alpha value is -3.07. The number of fused-ring (bicyclic) bond motifs is 1. The Balaban J connectivity index is 1.43. The van der Waals surface area contributed by atoms with Crippen molar-refractivity contribution in [1.29, 1.82) is 0 Å². The Kier molecular flexibility index (Phi) is 5.89. The fourth-order valence-corrected chi connectivity index (χ4v) is 4.14. The molecule has 30 heavy (non-hydrogen) atoms. The van der Waals surface area contributed by atoms with E-state index in [4.69, 9.17) is 4.74 Å². The molecule has 3 nitrogen and oxygen atoms in total. The topological polar surface area (TPSA) is 38.3 Å². The summed E-state index contributed by atoms with van der Waals surface area (Å²) in [6.07, 6.45) is 2.60. The third-order valence-electron chi connectivity index (χ3n) is 5.92. The van der Waals surface area contributed by atoms with Gasteiger partial charge in [0.15, 0.2) is 6.10 Å². The summed E-state index contributed by atoms with van der Waals surface area (Å²) in [5.41, 5.74) is 7.17. The van der Waals surface area contributed by atoms with Gasteiger partial charge in [-0.3, -0.25) is 4.79 Å². The molecule has 3 aromatic carbocycles. The predicted molar refractivity (Wildman–Crippen MR) is 122 cm³/mol. The lowest BCUT2D eigenvalue weighted by Crippen LogP contribution is -2.39. The second-order valence-electron chi connectivity index (χ2n) is 8.26. The van der Waals surface area contributed by atoms with Crippen LogP contribution < -0.4 is 10.1 Å². The molecule has 1 amide bonds. The molecule has 1 aliphatic carbocycles. The summed E-state index contributed by atoms with van der Waals surface area (Å²) in [4.78, 5) is 12.8. The molecule has 0 heterocycles. The highest BCUT2D eigenvalue weighted by atomic mass is 16.5. The van der Waals surface area contributed by atoms with Crippen LogP contribution in [0.2, 0.25) is 0 Å². The number of nitrogens with one attached hydrogen (secondary N) is 1. The standard InChI is InChI=1S/C27H29NO2/c1-18-11-13-21(14-12-18)23-15-16-26(19(2)17-23)30-20(3)27(29)28-25-10-6-8-22-7-4-5-9-24(22)25/h4-5,7,9,11-17,20,25H,6,8,10H2,1-3H3,(H,28,29)/t20-,25+/m0/s1. The lowest BCUT2D eigenvalue weighted by Gasteiger charge is -2.27. The van der Waals surface area contributed by atoms with Crippen LogP contribution in [0, 0.1) is 13.8 Å². The molecule has 0 aromatic heterocycles. The molecule has 2 atom stereocenters. The summed E-state index contributed by atoms with van der Waals surface area (Å²) in [6.45, 7) is 5.93. The van der Waals surface area contributed by atoms with E-state index in [9.17, 15) is 4.79 Å². The van der Waals surface area contributed by atoms with Gasteiger partial charge in [-0.25, -0.2) is 0 Å². The zero-order valence-corrected chi connectivity index (χ0v) is 17.9. The number of rotatable bonds is 5. The molecule has 154 valence electrons. The lowest BCUT2D eigenvalue weighted by molar-refractivity contribution is -0.128. The minimum absolute atomic E-state index is 0.0681. The Morgan fingerprint density at radius 2 is 1.73 bits per heavy atom. The number of ether oxygens (including phenoxy) is 1. The summed E-state index contributed by atoms with van der Waals surface area (Å²) >= 11 is 0. The maximum atomic E-state index is 12.8. The van der Waals surface area contributed by atoms with Crippen molar-refractivity contribution >= 4 is 5.91 Å². The van der Waals surface area contributed by atoms with Gasteiger partial charge in [-0.1, -0.05) is 60.2 Å². The highest BCUT2D eigenvalue weighted by molar-refractivity contribution is 5.81. The highest BCUT2D eigenvalue weighted by Crippen LogP contribution is 2.30. The minimum atomic E-state index is -0.553. The van der Waals surface area contributed by atoms with Crippen LogP contribution in [-0.2, 0) is 11.2 Å². The van der Waals surface area contributed by atoms with Gasteiger partial charge in [-0.15, -0.1) is 0 Å². The first-order valence-electron chi connectivity index (χ1n) is 10.7. The van der Waals surface area contributed by atoms with E-state index in [1.165, 1.54) is 22.3 Å². The quantitative estimate of drug-likeness (QED) is 0.577. The molecule has 3 aromatic rings. The lowest BCUT2D eigenvalue weighted by atomic mass is 9.87. The molecule has 3 heteroatoms. The first-order valence-corrected chi connectivity index (χ1v) is 10.7. The predicted octanol–water partition coefficient (Wildman–Crippen LogP) is 5.93. The number of amides is 1. The van der Waals surface area contributed by atoms with Gasteiger partial charge in [0.25, 0.3) is 5.91 Å². The fraction of sp³-hybridized carbons (Fsp3) is 0.296. The smallest absolute Gasteiger partial charge is 0.261 e. The summed E-state index contributed by atoms with van der Waals surface area (Å²) < 4.78 is 6.03. The van der Waals surface area contributed by atoms with Crippen molar-refractivity contribution in [2.75, 3.05) is 0 Å². The van der Waals surface area contributed by atoms with Gasteiger partial charge in [0.05, 0.1) is 6.04 Å². The molecule has 0 spiro atoms. The number of carbonyl (C=O) groups is 1. The zero-order chi connectivity index (χ0) is 21.1. The first kappa shape index (κ1) is 20.2. The molecule has 1 aliphatic rings. The van der Waals surface area contributed by atoms with Crippen LogP contribution in [0.3, 0.4) is 0 Å². The summed E-state index contributed by atoms with van der Waals surface area (Å²) in [6, 6.07) is 23.1. The summed E-state index contributed by atoms with van der Waals surface area (Å²) in [7, 11) is 0. The highest BCUT2D eigenvalue weighted by Gasteiger charge is 2.24. The number of benzene rings is 3. The van der Waals surface area contributed by atoms with Gasteiger partial charge in [0.2, 0.25) is 0 Å². The van der Waals surface area contributed by atoms with Crippen molar-refractivity contribution in [1.82, 2.24) is 5.32 Å². The van der Waals surface area contributed by atoms with E-state index >= 15 is 0 Å². The molecule has 0 radical (unpaired) electrons. The first-order chi connectivity index (χ1) is 14.5. The Bertz CT molecular complexity index is 1040. The van der Waals surface area contributed by atoms with E-state index in [-0.39, 0.29) is 11.9 Å². The molecule has 0 saturated heterocycles. The van der Waals surface area contributed by atoms with Crippen LogP contribution >= 0.6 is 0 Å². The van der Waals surface area contributed by atoms with Crippen molar-refractivity contribution in [2.45, 2.75) is 52.2 Å². The number of aryl methyl sites for hydroxylation is 3. The van der Waals surface area contributed by atoms with Crippen molar-refractivity contribution in [3.63, 3.8) is 0 Å². The maximum absolute atomic E-state index is 12.8. The molecule has 0 saturated carbocycles. The van der Waals surface area contributed by atoms with Crippen molar-refractivity contribution in [2.24, 2.45) is 0 Å². The van der Waals surface area contributed by atoms with Crippen LogP contribution in [0.1, 0.15) is 48.1 Å². The Labute approximate surface area is 179 Å². The number of hydrogen-bond donors (Lipinski definition) is 1. The molecule has 0 aliphatic heterocycles. The van der Waals surface area contributed by atoms with Gasteiger partial charge in [0, 0.05) is 0 Å². The molecular formula is C27H29NO2. The van der Waals surface area contributed by atoms with Gasteiger partial charge in [0.1, 0.15) is 5.75 Å². The van der Waals surface area contributed by atoms with E-state index in [1.54, 1.807) is 0 Å². The molecule has 4 rings (SSSR count). The fourth-order valence-electron chi connectivity index (χ4n) is 4.14. The molecular weight excluding hydrogens is 370 g/mol. The monoisotopic (exact) mass is 399 g/mol. The summed E-state index contributed by atoms with van der Waals surface area (Å²) in [5, 5.41) is 3.19. The van der Waals surface area contributed by atoms with E-state index in [0.29, 0.717) is 0 Å². The van der Waals surface area contributed by atoms with Gasteiger partial charge in [-0.05, 0) is 80.0 Å². The third-order valence-corrected chi connectivity index (χ3v) is 5.92. The largest absolute Gasteiger partial charge is 0.481 e. The average Bonchev–Trinajstić information content (AvgIpc) is 2.76. The number of hydrogen-bond acceptors (Lipinski definition) is 2. The van der Waals surface area contributed by atoms with Crippen LogP contribution in [0.15, 0.2) is 66.7 Å². The normalized spacial score (nSPS) is 16.4. The third kappa shape index (κ3) is 4.40. The molecule has 0 bridgehead atoms. The van der Waals surface area contributed by atoms with Crippen LogP contribution in [-0.4, -0.2) is 12.0 Å². The second kappa shape index (κ2) is 8.74. The molecule has 0 fully saturated rings. The second-order valence-corrected chi connectivity index (χ2v) is 8.26. The maximum Gasteiger partial charge on any atom is 0.261 e. The summed E-state index contributed by atoms with van der Waals surface area (Å²) in [5.74, 6) is 0.677. The number of carbonyl (C=O) groups excluding carboxylic acids is 1. The van der Waals surface area contributed by atoms with E-state index in [1.807, 2.05) is 26.0 Å². The SMILES string of the molecule is Cc1ccc(-c2ccc(O[C@@H](C)C(=O)N[C@@H]3CCCc4ccccc43)c(C)c2)cc1. The van der Waals surface area contributed by atoms with E-state index in [2.05, 4.69) is 66.8 Å². The Morgan fingerprint density at radius 3 is 2.50 bits per heavy atom. The molecule has 1 N–H and O–H groups in total. The van der Waals surface area contributed by atoms with Crippen LogP contribution in [0.25, 0.3) is 11.1 Å². The molecule has 0 unspecified atom stereocenters. The van der Waals surface area contributed by atoms with Crippen LogP contribution in [0.4, 0.5) is 0 Å². The zero-order valence-electron chi connectivity index (χ0n) is 17.9. The van der Waals surface area contributed by atoms with E-state index < -0.39 is 6.10 Å². The minimum Gasteiger partial charge on any atom is -0.481 e. The Morgan fingerprint density at radius 1 is 1.00 bits per heavy atom. The van der Waals surface area contributed by atoms with Crippen molar-refractivity contribution in [3.8, 4) is 16.9 Å². The average molecular weight is 400 g/mol. The van der Waals surface area contributed by atoms with Crippen LogP contribution in [0.5, 0.6) is 5.75 Å². The van der Waals surface area contributed by atoms with Gasteiger partial charge in [-0.2, -0.15) is 0 Å². The van der Waals surface area contributed by atoms with Crippen molar-refractivity contribution < 1.29 is 9.53 Å². The van der Waals surface area contributed by atoms with Gasteiger partial charge < -0.3 is 10.1 Å². The van der Waals surface area contributed by atoms with E-state index in [0.717, 1.165) is 36.1 Å².